The molecular formula is C66H124O17P2. The molecule has 3 N–H and O–H groups in total. The van der Waals surface area contributed by atoms with Gasteiger partial charge in [-0.15, -0.1) is 0 Å². The minimum atomic E-state index is -4.95. The van der Waals surface area contributed by atoms with Gasteiger partial charge in [-0.2, -0.15) is 0 Å². The number of unbranched alkanes of at least 4 members (excludes halogenated alkanes) is 33. The number of phosphoric acid groups is 2. The van der Waals surface area contributed by atoms with Gasteiger partial charge in [-0.3, -0.25) is 37.3 Å². The molecule has 0 heterocycles. The maximum absolute atomic E-state index is 13.0. The summed E-state index contributed by atoms with van der Waals surface area (Å²) in [6.45, 7) is 7.04. The Balaban J connectivity index is 5.25. The van der Waals surface area contributed by atoms with Crippen LogP contribution in [0, 0.1) is 5.92 Å². The van der Waals surface area contributed by atoms with Crippen molar-refractivity contribution in [3.05, 3.63) is 24.3 Å². The number of aliphatic hydroxyl groups is 1. The van der Waals surface area contributed by atoms with Crippen molar-refractivity contribution < 1.29 is 80.2 Å². The molecule has 0 aromatic carbocycles. The fourth-order valence-electron chi connectivity index (χ4n) is 9.40. The van der Waals surface area contributed by atoms with Crippen molar-refractivity contribution in [2.75, 3.05) is 39.6 Å². The van der Waals surface area contributed by atoms with Gasteiger partial charge < -0.3 is 33.8 Å². The van der Waals surface area contributed by atoms with Crippen molar-refractivity contribution in [1.29, 1.82) is 0 Å². The number of ether oxygens (including phenoxy) is 4. The van der Waals surface area contributed by atoms with Crippen LogP contribution in [0.1, 0.15) is 311 Å². The third kappa shape index (κ3) is 60.2. The Morgan fingerprint density at radius 1 is 0.365 bits per heavy atom. The first kappa shape index (κ1) is 82.5. The summed E-state index contributed by atoms with van der Waals surface area (Å²) in [5.74, 6) is -1.47. The topological polar surface area (TPSA) is 237 Å². The van der Waals surface area contributed by atoms with Crippen LogP contribution in [0.25, 0.3) is 0 Å². The van der Waals surface area contributed by atoms with Crippen molar-refractivity contribution in [2.45, 2.75) is 329 Å². The van der Waals surface area contributed by atoms with E-state index in [0.717, 1.165) is 116 Å². The van der Waals surface area contributed by atoms with Crippen molar-refractivity contribution in [2.24, 2.45) is 5.92 Å². The summed E-state index contributed by atoms with van der Waals surface area (Å²) in [6, 6.07) is 0. The van der Waals surface area contributed by atoms with Gasteiger partial charge >= 0.3 is 39.5 Å². The minimum Gasteiger partial charge on any atom is -0.462 e. The van der Waals surface area contributed by atoms with Gasteiger partial charge in [0.2, 0.25) is 0 Å². The Morgan fingerprint density at radius 2 is 0.635 bits per heavy atom. The Kier molecular flexibility index (Phi) is 57.5. The normalized spacial score (nSPS) is 14.4. The van der Waals surface area contributed by atoms with Crippen molar-refractivity contribution >= 4 is 39.5 Å². The molecule has 0 spiro atoms. The molecule has 0 fully saturated rings. The second-order valence-corrected chi connectivity index (χ2v) is 26.6. The van der Waals surface area contributed by atoms with Gasteiger partial charge in [0.1, 0.15) is 19.3 Å². The minimum absolute atomic E-state index is 0.0852. The molecule has 0 saturated heterocycles. The maximum Gasteiger partial charge on any atom is 0.472 e. The van der Waals surface area contributed by atoms with Crippen LogP contribution in [0.2, 0.25) is 0 Å². The third-order valence-electron chi connectivity index (χ3n) is 14.7. The average Bonchev–Trinajstić information content (AvgIpc) is 3.48. The van der Waals surface area contributed by atoms with Crippen LogP contribution in [0.4, 0.5) is 0 Å². The van der Waals surface area contributed by atoms with E-state index in [-0.39, 0.29) is 25.7 Å². The van der Waals surface area contributed by atoms with E-state index in [1.54, 1.807) is 0 Å². The SMILES string of the molecule is CCCCCC/C=C\C=C/CCCCCCCC(=O)O[C@H](COC(=O)CCCCCCCCCCCCCCC)COP(=O)(O)OC[C@@H](O)COP(=O)(O)OC[C@@H](COC(=O)CCCCCCCCC)OC(=O)CCCCCCCCCC(C)C. The highest BCUT2D eigenvalue weighted by atomic mass is 31.2. The van der Waals surface area contributed by atoms with Crippen LogP contribution in [0.15, 0.2) is 24.3 Å². The molecule has 0 amide bonds. The molecule has 0 aromatic rings. The van der Waals surface area contributed by atoms with Gasteiger partial charge in [-0.05, 0) is 57.3 Å². The van der Waals surface area contributed by atoms with Crippen LogP contribution in [0.5, 0.6) is 0 Å². The Morgan fingerprint density at radius 3 is 0.965 bits per heavy atom. The first-order valence-electron chi connectivity index (χ1n) is 34.0. The van der Waals surface area contributed by atoms with E-state index in [0.29, 0.717) is 31.6 Å². The summed E-state index contributed by atoms with van der Waals surface area (Å²) < 4.78 is 67.9. The summed E-state index contributed by atoms with van der Waals surface area (Å²) in [6.07, 6.45) is 46.8. The quantitative estimate of drug-likeness (QED) is 0.0169. The fraction of sp³-hybridized carbons (Fsp3) is 0.879. The molecule has 0 aromatic heterocycles. The third-order valence-corrected chi connectivity index (χ3v) is 16.6. The predicted molar refractivity (Wildman–Crippen MR) is 340 cm³/mol. The summed E-state index contributed by atoms with van der Waals surface area (Å²) in [7, 11) is -9.90. The number of allylic oxidation sites excluding steroid dienone is 4. The van der Waals surface area contributed by atoms with Crippen molar-refractivity contribution in [3.8, 4) is 0 Å². The summed E-state index contributed by atoms with van der Waals surface area (Å²) >= 11 is 0. The number of hydrogen-bond acceptors (Lipinski definition) is 15. The lowest BCUT2D eigenvalue weighted by atomic mass is 10.0. The first-order valence-corrected chi connectivity index (χ1v) is 36.9. The Hall–Kier alpha value is -2.46. The van der Waals surface area contributed by atoms with Gasteiger partial charge in [-0.25, -0.2) is 9.13 Å². The molecule has 5 atom stereocenters. The highest BCUT2D eigenvalue weighted by molar-refractivity contribution is 7.47. The lowest BCUT2D eigenvalue weighted by molar-refractivity contribution is -0.161. The summed E-state index contributed by atoms with van der Waals surface area (Å²) in [5, 5.41) is 10.5. The van der Waals surface area contributed by atoms with Crippen LogP contribution >= 0.6 is 15.6 Å². The van der Waals surface area contributed by atoms with E-state index in [1.807, 2.05) is 0 Å². The molecular weight excluding hydrogens is 1130 g/mol. The van der Waals surface area contributed by atoms with E-state index in [1.165, 1.54) is 109 Å². The monoisotopic (exact) mass is 1250 g/mol. The van der Waals surface area contributed by atoms with E-state index < -0.39 is 97.5 Å². The number of carbonyl (C=O) groups excluding carboxylic acids is 4. The Labute approximate surface area is 516 Å². The molecule has 0 aliphatic rings. The van der Waals surface area contributed by atoms with E-state index in [9.17, 15) is 43.2 Å². The standard InChI is InChI=1S/C66H124O17P2/c1-6-9-12-15-18-20-22-24-25-27-29-31-36-41-46-51-65(70)82-62(56-77-64(69)50-45-40-35-30-28-26-23-21-19-16-13-10-7-2)58-81-85(74,75)79-54-60(67)53-78-84(72,73)80-57-61(55-76-63(68)49-44-39-33-17-14-11-8-3)83-66(71)52-47-42-37-32-34-38-43-48-59(4)5/h20,22,24-25,59-62,67H,6-19,21,23,26-58H2,1-5H3,(H,72,73)(H,74,75)/b22-20-,25-24-/t60-,61+,62+/m0/s1. The number of hydrogen-bond donors (Lipinski definition) is 3. The smallest absolute Gasteiger partial charge is 0.462 e. The van der Waals surface area contributed by atoms with Crippen molar-refractivity contribution in [1.82, 2.24) is 0 Å². The number of aliphatic hydroxyl groups excluding tert-OH is 1. The van der Waals surface area contributed by atoms with E-state index in [4.69, 9.17) is 37.0 Å². The zero-order valence-electron chi connectivity index (χ0n) is 54.2. The Bertz CT molecular complexity index is 1740. The highest BCUT2D eigenvalue weighted by Gasteiger charge is 2.30. The van der Waals surface area contributed by atoms with Crippen molar-refractivity contribution in [3.63, 3.8) is 0 Å². The molecule has 500 valence electrons. The predicted octanol–water partition coefficient (Wildman–Crippen LogP) is 18.1. The average molecular weight is 1250 g/mol. The molecule has 19 heteroatoms. The zero-order chi connectivity index (χ0) is 62.8. The second kappa shape index (κ2) is 59.2. The summed E-state index contributed by atoms with van der Waals surface area (Å²) in [5.41, 5.74) is 0. The molecule has 0 saturated carbocycles. The number of esters is 4. The molecule has 0 rings (SSSR count). The van der Waals surface area contributed by atoms with E-state index >= 15 is 0 Å². The molecule has 0 radical (unpaired) electrons. The van der Waals surface area contributed by atoms with Crippen LogP contribution in [-0.4, -0.2) is 96.7 Å². The lowest BCUT2D eigenvalue weighted by Crippen LogP contribution is -2.30. The molecule has 85 heavy (non-hydrogen) atoms. The van der Waals surface area contributed by atoms with Gasteiger partial charge in [-0.1, -0.05) is 258 Å². The maximum atomic E-state index is 13.0. The number of carbonyl (C=O) groups is 4. The lowest BCUT2D eigenvalue weighted by Gasteiger charge is -2.21. The number of rotatable bonds is 64. The molecule has 2 unspecified atom stereocenters. The number of phosphoric ester groups is 2. The first-order chi connectivity index (χ1) is 41.0. The van der Waals surface area contributed by atoms with Crippen LogP contribution < -0.4 is 0 Å². The molecule has 0 aliphatic heterocycles. The van der Waals surface area contributed by atoms with E-state index in [2.05, 4.69) is 58.9 Å². The molecule has 17 nitrogen and oxygen atoms in total. The highest BCUT2D eigenvalue weighted by Crippen LogP contribution is 2.45. The molecule has 0 bridgehead atoms. The molecule has 0 aliphatic carbocycles. The largest absolute Gasteiger partial charge is 0.472 e. The van der Waals surface area contributed by atoms with Gasteiger partial charge in [0.15, 0.2) is 12.2 Å². The van der Waals surface area contributed by atoms with Gasteiger partial charge in [0.25, 0.3) is 0 Å². The zero-order valence-corrected chi connectivity index (χ0v) is 56.0. The van der Waals surface area contributed by atoms with Gasteiger partial charge in [0, 0.05) is 25.7 Å². The summed E-state index contributed by atoms with van der Waals surface area (Å²) in [4.78, 5) is 72.2. The second-order valence-electron chi connectivity index (χ2n) is 23.6. The fourth-order valence-corrected chi connectivity index (χ4v) is 11.0. The van der Waals surface area contributed by atoms with Crippen LogP contribution in [0.3, 0.4) is 0 Å². The van der Waals surface area contributed by atoms with Crippen LogP contribution in [-0.2, 0) is 65.4 Å². The van der Waals surface area contributed by atoms with Gasteiger partial charge in [0.05, 0.1) is 26.4 Å².